The van der Waals surface area contributed by atoms with Gasteiger partial charge in [-0.2, -0.15) is 0 Å². The van der Waals surface area contributed by atoms with E-state index >= 15 is 0 Å². The Morgan fingerprint density at radius 3 is 2.30 bits per heavy atom. The first-order valence-electron chi connectivity index (χ1n) is 12.7. The summed E-state index contributed by atoms with van der Waals surface area (Å²) in [6.07, 6.45) is 17.4. The van der Waals surface area contributed by atoms with Crippen LogP contribution < -0.4 is 0 Å². The van der Waals surface area contributed by atoms with E-state index in [1.165, 1.54) is 64.2 Å². The fourth-order valence-electron chi connectivity index (χ4n) is 6.93. The number of fused-ring (bicyclic) bond motifs is 1. The van der Waals surface area contributed by atoms with E-state index in [0.29, 0.717) is 12.0 Å². The Morgan fingerprint density at radius 1 is 0.933 bits per heavy atom. The number of aryl methyl sites for hydroxylation is 1. The maximum absolute atomic E-state index is 14.7. The van der Waals surface area contributed by atoms with Crippen molar-refractivity contribution >= 4 is 0 Å². The van der Waals surface area contributed by atoms with Crippen molar-refractivity contribution in [3.05, 3.63) is 47.8 Å². The van der Waals surface area contributed by atoms with Crippen LogP contribution in [0, 0.1) is 29.5 Å². The van der Waals surface area contributed by atoms with E-state index in [0.717, 1.165) is 54.2 Å². The first-order valence-corrected chi connectivity index (χ1v) is 12.7. The van der Waals surface area contributed by atoms with Crippen molar-refractivity contribution in [2.75, 3.05) is 6.61 Å². The second-order valence-electron chi connectivity index (χ2n) is 10.3. The van der Waals surface area contributed by atoms with E-state index in [2.05, 4.69) is 25.6 Å². The second-order valence-corrected chi connectivity index (χ2v) is 10.3. The first kappa shape index (κ1) is 22.1. The Kier molecular flexibility index (Phi) is 7.68. The lowest BCUT2D eigenvalue weighted by atomic mass is 9.62. The SMILES string of the molecule is C=CCCc1ccc(C2CCC(C3CCC4CC(OCC)CCC4C3)CC2)c(F)c1. The van der Waals surface area contributed by atoms with Crippen LogP contribution in [-0.2, 0) is 11.2 Å². The third-order valence-corrected chi connectivity index (χ3v) is 8.59. The quantitative estimate of drug-likeness (QED) is 0.414. The standard InChI is InChI=1S/C28H41FO/c1-3-5-6-20-7-16-27(28(29)17-20)22-10-8-21(9-11-22)23-12-13-25-19-26(30-4-2)15-14-24(25)18-23/h3,7,16-17,21-26H,1,4-6,8-15,18-19H2,2H3. The highest BCUT2D eigenvalue weighted by Gasteiger charge is 2.39. The topological polar surface area (TPSA) is 9.23 Å². The van der Waals surface area contributed by atoms with E-state index in [-0.39, 0.29) is 5.82 Å². The molecular weight excluding hydrogens is 371 g/mol. The lowest BCUT2D eigenvalue weighted by Crippen LogP contribution is -2.36. The van der Waals surface area contributed by atoms with E-state index < -0.39 is 0 Å². The zero-order chi connectivity index (χ0) is 20.9. The average Bonchev–Trinajstić information content (AvgIpc) is 2.78. The molecule has 4 atom stereocenters. The maximum atomic E-state index is 14.7. The van der Waals surface area contributed by atoms with Crippen LogP contribution in [0.1, 0.15) is 94.6 Å². The molecule has 3 aliphatic carbocycles. The molecule has 1 aromatic rings. The van der Waals surface area contributed by atoms with Crippen molar-refractivity contribution in [1.29, 1.82) is 0 Å². The van der Waals surface area contributed by atoms with Crippen molar-refractivity contribution in [2.45, 2.75) is 96.0 Å². The zero-order valence-electron chi connectivity index (χ0n) is 19.0. The molecule has 0 saturated heterocycles. The molecule has 0 aromatic heterocycles. The molecule has 3 aliphatic rings. The molecule has 3 saturated carbocycles. The van der Waals surface area contributed by atoms with Gasteiger partial charge in [0.05, 0.1) is 6.10 Å². The largest absolute Gasteiger partial charge is 0.378 e. The summed E-state index contributed by atoms with van der Waals surface area (Å²) in [6.45, 7) is 6.76. The van der Waals surface area contributed by atoms with Crippen LogP contribution in [0.25, 0.3) is 0 Å². The van der Waals surface area contributed by atoms with Crippen LogP contribution in [0.15, 0.2) is 30.9 Å². The van der Waals surface area contributed by atoms with Crippen LogP contribution in [0.4, 0.5) is 4.39 Å². The molecule has 1 aromatic carbocycles. The van der Waals surface area contributed by atoms with Crippen LogP contribution in [0.5, 0.6) is 0 Å². The number of hydrogen-bond donors (Lipinski definition) is 0. The smallest absolute Gasteiger partial charge is 0.126 e. The number of hydrogen-bond acceptors (Lipinski definition) is 1. The number of halogens is 1. The third kappa shape index (κ3) is 5.18. The van der Waals surface area contributed by atoms with Gasteiger partial charge in [0.2, 0.25) is 0 Å². The van der Waals surface area contributed by atoms with Crippen LogP contribution in [-0.4, -0.2) is 12.7 Å². The molecule has 30 heavy (non-hydrogen) atoms. The van der Waals surface area contributed by atoms with Crippen LogP contribution >= 0.6 is 0 Å². The highest BCUT2D eigenvalue weighted by atomic mass is 19.1. The summed E-state index contributed by atoms with van der Waals surface area (Å²) in [4.78, 5) is 0. The van der Waals surface area contributed by atoms with Crippen molar-refractivity contribution < 1.29 is 9.13 Å². The van der Waals surface area contributed by atoms with E-state index in [1.807, 2.05) is 6.08 Å². The Balaban J connectivity index is 1.28. The molecule has 0 radical (unpaired) electrons. The van der Waals surface area contributed by atoms with Gasteiger partial charge in [-0.25, -0.2) is 4.39 Å². The fourth-order valence-corrected chi connectivity index (χ4v) is 6.93. The van der Waals surface area contributed by atoms with E-state index in [9.17, 15) is 4.39 Å². The van der Waals surface area contributed by atoms with Crippen molar-refractivity contribution in [1.82, 2.24) is 0 Å². The molecule has 3 fully saturated rings. The molecule has 4 unspecified atom stereocenters. The second kappa shape index (κ2) is 10.4. The Bertz CT molecular complexity index is 690. The lowest BCUT2D eigenvalue weighted by Gasteiger charge is -2.45. The molecule has 1 nitrogen and oxygen atoms in total. The van der Waals surface area contributed by atoms with Gasteiger partial charge in [-0.1, -0.05) is 18.2 Å². The summed E-state index contributed by atoms with van der Waals surface area (Å²) < 4.78 is 20.7. The van der Waals surface area contributed by atoms with Crippen molar-refractivity contribution in [2.24, 2.45) is 23.7 Å². The van der Waals surface area contributed by atoms with Crippen molar-refractivity contribution in [3.8, 4) is 0 Å². The van der Waals surface area contributed by atoms with Gasteiger partial charge in [-0.15, -0.1) is 6.58 Å². The molecule has 0 aliphatic heterocycles. The average molecular weight is 413 g/mol. The highest BCUT2D eigenvalue weighted by molar-refractivity contribution is 5.28. The van der Waals surface area contributed by atoms with Crippen LogP contribution in [0.3, 0.4) is 0 Å². The van der Waals surface area contributed by atoms with Gasteiger partial charge in [-0.05, 0) is 131 Å². The third-order valence-electron chi connectivity index (χ3n) is 8.59. The van der Waals surface area contributed by atoms with Gasteiger partial charge in [0, 0.05) is 6.61 Å². The number of rotatable bonds is 7. The van der Waals surface area contributed by atoms with Gasteiger partial charge in [0.25, 0.3) is 0 Å². The normalized spacial score (nSPS) is 34.3. The Morgan fingerprint density at radius 2 is 1.60 bits per heavy atom. The minimum Gasteiger partial charge on any atom is -0.378 e. The molecular formula is C28H41FO. The van der Waals surface area contributed by atoms with Crippen molar-refractivity contribution in [3.63, 3.8) is 0 Å². The minimum absolute atomic E-state index is 0.0200. The number of ether oxygens (including phenoxy) is 1. The summed E-state index contributed by atoms with van der Waals surface area (Å²) in [6, 6.07) is 5.97. The zero-order valence-corrected chi connectivity index (χ0v) is 19.0. The lowest BCUT2D eigenvalue weighted by molar-refractivity contribution is -0.0205. The van der Waals surface area contributed by atoms with Gasteiger partial charge < -0.3 is 4.74 Å². The predicted octanol–water partition coefficient (Wildman–Crippen LogP) is 7.84. The van der Waals surface area contributed by atoms with Gasteiger partial charge >= 0.3 is 0 Å². The van der Waals surface area contributed by atoms with Gasteiger partial charge in [0.1, 0.15) is 5.82 Å². The van der Waals surface area contributed by atoms with Crippen LogP contribution in [0.2, 0.25) is 0 Å². The predicted molar refractivity (Wildman–Crippen MR) is 123 cm³/mol. The monoisotopic (exact) mass is 412 g/mol. The molecule has 0 spiro atoms. The number of benzene rings is 1. The molecule has 166 valence electrons. The summed E-state index contributed by atoms with van der Waals surface area (Å²) >= 11 is 0. The highest BCUT2D eigenvalue weighted by Crippen LogP contribution is 2.49. The maximum Gasteiger partial charge on any atom is 0.126 e. The summed E-state index contributed by atoms with van der Waals surface area (Å²) in [5.41, 5.74) is 2.06. The molecule has 0 bridgehead atoms. The van der Waals surface area contributed by atoms with E-state index in [1.54, 1.807) is 6.07 Å². The molecule has 0 amide bonds. The summed E-state index contributed by atoms with van der Waals surface area (Å²) in [7, 11) is 0. The summed E-state index contributed by atoms with van der Waals surface area (Å²) in [5.74, 6) is 4.10. The van der Waals surface area contributed by atoms with Gasteiger partial charge in [-0.3, -0.25) is 0 Å². The number of allylic oxidation sites excluding steroid dienone is 1. The summed E-state index contributed by atoms with van der Waals surface area (Å²) in [5, 5.41) is 0. The fraction of sp³-hybridized carbons (Fsp3) is 0.714. The molecule has 0 N–H and O–H groups in total. The Labute approximate surface area is 183 Å². The minimum atomic E-state index is 0.0200. The molecule has 0 heterocycles. The molecule has 4 rings (SSSR count). The van der Waals surface area contributed by atoms with Gasteiger partial charge in [0.15, 0.2) is 0 Å². The first-order chi connectivity index (χ1) is 14.7. The van der Waals surface area contributed by atoms with E-state index in [4.69, 9.17) is 4.74 Å². The molecule has 2 heteroatoms. The Hall–Kier alpha value is -1.15.